The first-order chi connectivity index (χ1) is 7.93. The number of unbranched alkanes of at least 4 members (excludes halogenated alkanes) is 1. The van der Waals surface area contributed by atoms with Gasteiger partial charge in [0.1, 0.15) is 0 Å². The Labute approximate surface area is 102 Å². The van der Waals surface area contributed by atoms with Gasteiger partial charge in [-0.2, -0.15) is 0 Å². The van der Waals surface area contributed by atoms with E-state index in [0.717, 1.165) is 19.3 Å². The zero-order valence-corrected chi connectivity index (χ0v) is 10.8. The first-order valence-corrected chi connectivity index (χ1v) is 6.15. The standard InChI is InChI=1S/C12H23NO4/c1-4-6-7-9(5-2)11(15)13-10(8(3)14)12(16)17/h8-10,14H,4-7H2,1-3H3,(H,13,15)(H,16,17)/t8-,9?,10+/m1/s1. The van der Waals surface area contributed by atoms with Gasteiger partial charge in [0.25, 0.3) is 0 Å². The normalized spacial score (nSPS) is 16.0. The number of aliphatic hydroxyl groups excluding tert-OH is 1. The minimum atomic E-state index is -1.22. The Morgan fingerprint density at radius 1 is 1.29 bits per heavy atom. The number of aliphatic carboxylic acids is 1. The number of carbonyl (C=O) groups excluding carboxylic acids is 1. The Hall–Kier alpha value is -1.10. The van der Waals surface area contributed by atoms with Crippen LogP contribution in [0, 0.1) is 5.92 Å². The van der Waals surface area contributed by atoms with E-state index >= 15 is 0 Å². The fourth-order valence-electron chi connectivity index (χ4n) is 1.63. The lowest BCUT2D eigenvalue weighted by atomic mass is 9.98. The van der Waals surface area contributed by atoms with Gasteiger partial charge in [0.2, 0.25) is 5.91 Å². The van der Waals surface area contributed by atoms with Gasteiger partial charge in [0, 0.05) is 5.92 Å². The molecule has 5 nitrogen and oxygen atoms in total. The topological polar surface area (TPSA) is 86.6 Å². The van der Waals surface area contributed by atoms with E-state index in [4.69, 9.17) is 5.11 Å². The fraction of sp³-hybridized carbons (Fsp3) is 0.833. The van der Waals surface area contributed by atoms with Gasteiger partial charge < -0.3 is 15.5 Å². The zero-order valence-electron chi connectivity index (χ0n) is 10.8. The number of hydrogen-bond acceptors (Lipinski definition) is 3. The van der Waals surface area contributed by atoms with Crippen molar-refractivity contribution in [3.05, 3.63) is 0 Å². The van der Waals surface area contributed by atoms with Crippen LogP contribution in [-0.2, 0) is 9.59 Å². The molecule has 5 heteroatoms. The minimum absolute atomic E-state index is 0.171. The van der Waals surface area contributed by atoms with Crippen LogP contribution >= 0.6 is 0 Å². The van der Waals surface area contributed by atoms with Gasteiger partial charge in [0.15, 0.2) is 6.04 Å². The molecule has 17 heavy (non-hydrogen) atoms. The molecule has 0 aromatic rings. The van der Waals surface area contributed by atoms with Gasteiger partial charge in [-0.15, -0.1) is 0 Å². The molecule has 0 bridgehead atoms. The van der Waals surface area contributed by atoms with E-state index in [1.807, 2.05) is 13.8 Å². The molecule has 3 N–H and O–H groups in total. The summed E-state index contributed by atoms with van der Waals surface area (Å²) in [7, 11) is 0. The summed E-state index contributed by atoms with van der Waals surface area (Å²) in [4.78, 5) is 22.6. The summed E-state index contributed by atoms with van der Waals surface area (Å²) in [6.07, 6.45) is 2.28. The molecule has 1 amide bonds. The van der Waals surface area contributed by atoms with Crippen LogP contribution in [0.25, 0.3) is 0 Å². The van der Waals surface area contributed by atoms with Crippen molar-refractivity contribution < 1.29 is 19.8 Å². The van der Waals surface area contributed by atoms with Crippen LogP contribution in [0.4, 0.5) is 0 Å². The lowest BCUT2D eigenvalue weighted by Gasteiger charge is -2.21. The maximum Gasteiger partial charge on any atom is 0.328 e. The third-order valence-electron chi connectivity index (χ3n) is 2.82. The molecule has 0 saturated carbocycles. The lowest BCUT2D eigenvalue weighted by Crippen LogP contribution is -2.49. The van der Waals surface area contributed by atoms with Crippen LogP contribution in [0.1, 0.15) is 46.5 Å². The SMILES string of the molecule is CCCCC(CC)C(=O)N[C@H](C(=O)O)[C@@H](C)O. The molecule has 1 unspecified atom stereocenters. The smallest absolute Gasteiger partial charge is 0.328 e. The number of aliphatic hydroxyl groups is 1. The third kappa shape index (κ3) is 5.68. The van der Waals surface area contributed by atoms with Crippen molar-refractivity contribution in [2.45, 2.75) is 58.6 Å². The average molecular weight is 245 g/mol. The quantitative estimate of drug-likeness (QED) is 0.598. The Bertz CT molecular complexity index is 253. The van der Waals surface area contributed by atoms with Gasteiger partial charge in [0.05, 0.1) is 6.10 Å². The molecule has 0 radical (unpaired) electrons. The Morgan fingerprint density at radius 3 is 2.24 bits per heavy atom. The Kier molecular flexibility index (Phi) is 7.54. The van der Waals surface area contributed by atoms with Crippen molar-refractivity contribution in [1.29, 1.82) is 0 Å². The third-order valence-corrected chi connectivity index (χ3v) is 2.82. The molecule has 3 atom stereocenters. The molecule has 100 valence electrons. The number of amides is 1. The van der Waals surface area contributed by atoms with Gasteiger partial charge >= 0.3 is 5.97 Å². The summed E-state index contributed by atoms with van der Waals surface area (Å²) in [5.74, 6) is -1.66. The highest BCUT2D eigenvalue weighted by atomic mass is 16.4. The second kappa shape index (κ2) is 8.06. The summed E-state index contributed by atoms with van der Waals surface area (Å²) in [6.45, 7) is 5.30. The second-order valence-electron chi connectivity index (χ2n) is 4.31. The number of nitrogens with one attached hydrogen (secondary N) is 1. The summed E-state index contributed by atoms with van der Waals surface area (Å²) < 4.78 is 0. The summed E-state index contributed by atoms with van der Waals surface area (Å²) in [5.41, 5.74) is 0. The highest BCUT2D eigenvalue weighted by Gasteiger charge is 2.27. The zero-order chi connectivity index (χ0) is 13.4. The maximum atomic E-state index is 11.8. The molecule has 0 saturated heterocycles. The molecule has 0 fully saturated rings. The van der Waals surface area contributed by atoms with Gasteiger partial charge in [-0.05, 0) is 19.8 Å². The molecule has 0 aromatic heterocycles. The number of hydrogen-bond donors (Lipinski definition) is 3. The average Bonchev–Trinajstić information content (AvgIpc) is 2.26. The molecule has 0 aliphatic rings. The highest BCUT2D eigenvalue weighted by Crippen LogP contribution is 2.13. The van der Waals surface area contributed by atoms with Crippen molar-refractivity contribution in [1.82, 2.24) is 5.32 Å². The highest BCUT2D eigenvalue weighted by molar-refractivity contribution is 5.85. The van der Waals surface area contributed by atoms with Crippen molar-refractivity contribution in [2.24, 2.45) is 5.92 Å². The second-order valence-corrected chi connectivity index (χ2v) is 4.31. The van der Waals surface area contributed by atoms with Crippen LogP contribution < -0.4 is 5.32 Å². The molecule has 0 rings (SSSR count). The number of rotatable bonds is 8. The predicted molar refractivity (Wildman–Crippen MR) is 64.6 cm³/mol. The van der Waals surface area contributed by atoms with Crippen LogP contribution in [-0.4, -0.2) is 34.2 Å². The van der Waals surface area contributed by atoms with E-state index in [0.29, 0.717) is 6.42 Å². The van der Waals surface area contributed by atoms with Crippen molar-refractivity contribution in [3.8, 4) is 0 Å². The van der Waals surface area contributed by atoms with Crippen molar-refractivity contribution in [2.75, 3.05) is 0 Å². The molecular formula is C12H23NO4. The Balaban J connectivity index is 4.41. The molecular weight excluding hydrogens is 222 g/mol. The van der Waals surface area contributed by atoms with E-state index in [9.17, 15) is 14.7 Å². The summed E-state index contributed by atoms with van der Waals surface area (Å²) in [6, 6.07) is -1.22. The van der Waals surface area contributed by atoms with E-state index in [1.165, 1.54) is 6.92 Å². The minimum Gasteiger partial charge on any atom is -0.480 e. The molecule has 0 spiro atoms. The first-order valence-electron chi connectivity index (χ1n) is 6.15. The number of carbonyl (C=O) groups is 2. The summed E-state index contributed by atoms with van der Waals surface area (Å²) >= 11 is 0. The maximum absolute atomic E-state index is 11.8. The number of carboxylic acid groups (broad SMARTS) is 1. The van der Waals surface area contributed by atoms with Crippen LogP contribution in [0.5, 0.6) is 0 Å². The van der Waals surface area contributed by atoms with Gasteiger partial charge in [-0.3, -0.25) is 4.79 Å². The van der Waals surface area contributed by atoms with Crippen LogP contribution in [0.15, 0.2) is 0 Å². The molecule has 0 aliphatic carbocycles. The van der Waals surface area contributed by atoms with Crippen molar-refractivity contribution >= 4 is 11.9 Å². The van der Waals surface area contributed by atoms with Gasteiger partial charge in [-0.1, -0.05) is 26.7 Å². The molecule has 0 heterocycles. The molecule has 0 aromatic carbocycles. The first kappa shape index (κ1) is 15.9. The number of carboxylic acids is 1. The lowest BCUT2D eigenvalue weighted by molar-refractivity contribution is -0.145. The van der Waals surface area contributed by atoms with E-state index in [1.54, 1.807) is 0 Å². The monoisotopic (exact) mass is 245 g/mol. The van der Waals surface area contributed by atoms with Crippen molar-refractivity contribution in [3.63, 3.8) is 0 Å². The van der Waals surface area contributed by atoms with E-state index in [2.05, 4.69) is 5.32 Å². The van der Waals surface area contributed by atoms with Crippen LogP contribution in [0.2, 0.25) is 0 Å². The van der Waals surface area contributed by atoms with E-state index < -0.39 is 18.1 Å². The predicted octanol–water partition coefficient (Wildman–Crippen LogP) is 1.15. The largest absolute Gasteiger partial charge is 0.480 e. The van der Waals surface area contributed by atoms with Gasteiger partial charge in [-0.25, -0.2) is 4.79 Å². The molecule has 0 aliphatic heterocycles. The summed E-state index contributed by atoms with van der Waals surface area (Å²) in [5, 5.41) is 20.5. The fourth-order valence-corrected chi connectivity index (χ4v) is 1.63. The van der Waals surface area contributed by atoms with Crippen LogP contribution in [0.3, 0.4) is 0 Å². The Morgan fingerprint density at radius 2 is 1.88 bits per heavy atom. The van der Waals surface area contributed by atoms with E-state index in [-0.39, 0.29) is 11.8 Å².